The number of piperidine rings is 1. The van der Waals surface area contributed by atoms with E-state index >= 15 is 0 Å². The first-order valence-electron chi connectivity index (χ1n) is 6.31. The standard InChI is InChI=1S/C12H19N3O3S/c1-9(16)10-4-7-15(8-5-10)19(17,18)12-11(13)3-2-6-14-12/h2-3,6,9-10,16H,4-5,7-8,13H2,1H3. The zero-order valence-electron chi connectivity index (χ0n) is 10.9. The number of sulfonamides is 1. The number of hydrogen-bond donors (Lipinski definition) is 2. The number of rotatable bonds is 3. The topological polar surface area (TPSA) is 96.5 Å². The normalized spacial score (nSPS) is 20.3. The minimum atomic E-state index is -3.63. The van der Waals surface area contributed by atoms with Crippen LogP contribution < -0.4 is 5.73 Å². The van der Waals surface area contributed by atoms with Crippen molar-refractivity contribution >= 4 is 15.7 Å². The molecule has 1 atom stereocenters. The summed E-state index contributed by atoms with van der Waals surface area (Å²) in [6, 6.07) is 3.14. The van der Waals surface area contributed by atoms with Crippen molar-refractivity contribution in [3.05, 3.63) is 18.3 Å². The Bertz CT molecular complexity index is 537. The number of hydrogen-bond acceptors (Lipinski definition) is 5. The van der Waals surface area contributed by atoms with E-state index in [2.05, 4.69) is 4.98 Å². The van der Waals surface area contributed by atoms with E-state index in [1.54, 1.807) is 13.0 Å². The highest BCUT2D eigenvalue weighted by Gasteiger charge is 2.32. The highest BCUT2D eigenvalue weighted by atomic mass is 32.2. The minimum absolute atomic E-state index is 0.0782. The van der Waals surface area contributed by atoms with Gasteiger partial charge in [0, 0.05) is 19.3 Å². The van der Waals surface area contributed by atoms with Gasteiger partial charge in [-0.2, -0.15) is 4.31 Å². The predicted octanol–water partition coefficient (Wildman–Crippen LogP) is 0.445. The first-order valence-corrected chi connectivity index (χ1v) is 7.75. The average molecular weight is 285 g/mol. The molecule has 1 aliphatic rings. The first-order chi connectivity index (χ1) is 8.93. The summed E-state index contributed by atoms with van der Waals surface area (Å²) in [5.41, 5.74) is 5.85. The van der Waals surface area contributed by atoms with E-state index in [1.807, 2.05) is 0 Å². The lowest BCUT2D eigenvalue weighted by molar-refractivity contribution is 0.0911. The lowest BCUT2D eigenvalue weighted by atomic mass is 9.93. The van der Waals surface area contributed by atoms with Gasteiger partial charge >= 0.3 is 0 Å². The van der Waals surface area contributed by atoms with Crippen molar-refractivity contribution in [2.45, 2.75) is 30.9 Å². The molecule has 0 radical (unpaired) electrons. The Labute approximate surface area is 113 Å². The van der Waals surface area contributed by atoms with Gasteiger partial charge in [0.05, 0.1) is 11.8 Å². The molecule has 7 heteroatoms. The number of aromatic nitrogens is 1. The van der Waals surface area contributed by atoms with Gasteiger partial charge in [0.15, 0.2) is 5.03 Å². The van der Waals surface area contributed by atoms with Crippen LogP contribution in [-0.2, 0) is 10.0 Å². The van der Waals surface area contributed by atoms with E-state index in [0.717, 1.165) is 0 Å². The van der Waals surface area contributed by atoms with Crippen LogP contribution in [0.15, 0.2) is 23.4 Å². The minimum Gasteiger partial charge on any atom is -0.396 e. The molecule has 1 aromatic rings. The first kappa shape index (κ1) is 14.2. The van der Waals surface area contributed by atoms with Gasteiger partial charge in [0.1, 0.15) is 0 Å². The summed E-state index contributed by atoms with van der Waals surface area (Å²) in [6.07, 6.45) is 2.34. The molecule has 1 fully saturated rings. The number of aliphatic hydroxyl groups excluding tert-OH is 1. The Morgan fingerprint density at radius 2 is 2.11 bits per heavy atom. The van der Waals surface area contributed by atoms with Crippen molar-refractivity contribution in [1.82, 2.24) is 9.29 Å². The number of nitrogen functional groups attached to an aromatic ring is 1. The fraction of sp³-hybridized carbons (Fsp3) is 0.583. The van der Waals surface area contributed by atoms with E-state index in [-0.39, 0.29) is 16.6 Å². The Kier molecular flexibility index (Phi) is 4.07. The molecule has 0 bridgehead atoms. The fourth-order valence-corrected chi connectivity index (χ4v) is 3.84. The summed E-state index contributed by atoms with van der Waals surface area (Å²) in [5.74, 6) is 0.160. The van der Waals surface area contributed by atoms with Crippen molar-refractivity contribution < 1.29 is 13.5 Å². The van der Waals surface area contributed by atoms with Crippen LogP contribution in [-0.4, -0.2) is 42.0 Å². The summed E-state index contributed by atoms with van der Waals surface area (Å²) in [6.45, 7) is 2.54. The number of pyridine rings is 1. The molecule has 0 spiro atoms. The molecule has 1 aromatic heterocycles. The average Bonchev–Trinajstić information content (AvgIpc) is 2.39. The maximum absolute atomic E-state index is 12.4. The number of nitrogens with two attached hydrogens (primary N) is 1. The molecular weight excluding hydrogens is 266 g/mol. The van der Waals surface area contributed by atoms with Crippen LogP contribution in [0.25, 0.3) is 0 Å². The SMILES string of the molecule is CC(O)C1CCN(S(=O)(=O)c2ncccc2N)CC1. The van der Waals surface area contributed by atoms with E-state index < -0.39 is 16.1 Å². The molecule has 0 aromatic carbocycles. The van der Waals surface area contributed by atoms with Crippen molar-refractivity contribution in [2.75, 3.05) is 18.8 Å². The van der Waals surface area contributed by atoms with E-state index in [1.165, 1.54) is 16.6 Å². The number of nitrogens with zero attached hydrogens (tertiary/aromatic N) is 2. The molecule has 3 N–H and O–H groups in total. The number of anilines is 1. The molecule has 2 heterocycles. The molecule has 1 unspecified atom stereocenters. The number of aliphatic hydroxyl groups is 1. The molecule has 0 amide bonds. The van der Waals surface area contributed by atoms with Crippen LogP contribution in [0.2, 0.25) is 0 Å². The highest BCUT2D eigenvalue weighted by Crippen LogP contribution is 2.26. The molecule has 1 aliphatic heterocycles. The van der Waals surface area contributed by atoms with Gasteiger partial charge in [-0.1, -0.05) is 0 Å². The third-order valence-corrected chi connectivity index (χ3v) is 5.44. The molecule has 6 nitrogen and oxygen atoms in total. The van der Waals surface area contributed by atoms with Gasteiger partial charge < -0.3 is 10.8 Å². The molecule has 1 saturated heterocycles. The smallest absolute Gasteiger partial charge is 0.262 e. The zero-order chi connectivity index (χ0) is 14.0. The third-order valence-electron chi connectivity index (χ3n) is 3.57. The van der Waals surface area contributed by atoms with Crippen molar-refractivity contribution in [3.63, 3.8) is 0 Å². The third kappa shape index (κ3) is 2.88. The quantitative estimate of drug-likeness (QED) is 0.840. The molecule has 106 valence electrons. The summed E-state index contributed by atoms with van der Waals surface area (Å²) >= 11 is 0. The second-order valence-electron chi connectivity index (χ2n) is 4.88. The van der Waals surface area contributed by atoms with Gasteiger partial charge in [-0.3, -0.25) is 0 Å². The van der Waals surface area contributed by atoms with E-state index in [4.69, 9.17) is 5.73 Å². The van der Waals surface area contributed by atoms with Crippen molar-refractivity contribution in [3.8, 4) is 0 Å². The Balaban J connectivity index is 2.17. The van der Waals surface area contributed by atoms with E-state index in [9.17, 15) is 13.5 Å². The van der Waals surface area contributed by atoms with Gasteiger partial charge in [-0.25, -0.2) is 13.4 Å². The van der Waals surface area contributed by atoms with Crippen molar-refractivity contribution in [2.24, 2.45) is 5.92 Å². The second-order valence-corrected chi connectivity index (χ2v) is 6.73. The predicted molar refractivity (Wildman–Crippen MR) is 71.8 cm³/mol. The molecule has 19 heavy (non-hydrogen) atoms. The largest absolute Gasteiger partial charge is 0.396 e. The Morgan fingerprint density at radius 3 is 2.63 bits per heavy atom. The molecule has 2 rings (SSSR count). The van der Waals surface area contributed by atoms with Gasteiger partial charge in [0.2, 0.25) is 0 Å². The van der Waals surface area contributed by atoms with Crippen LogP contribution in [0.4, 0.5) is 5.69 Å². The van der Waals surface area contributed by atoms with Gasteiger partial charge in [0.25, 0.3) is 10.0 Å². The van der Waals surface area contributed by atoms with Gasteiger partial charge in [-0.15, -0.1) is 0 Å². The monoisotopic (exact) mass is 285 g/mol. The highest BCUT2D eigenvalue weighted by molar-refractivity contribution is 7.89. The van der Waals surface area contributed by atoms with Crippen LogP contribution in [0, 0.1) is 5.92 Å². The zero-order valence-corrected chi connectivity index (χ0v) is 11.7. The Hall–Kier alpha value is -1.18. The summed E-state index contributed by atoms with van der Waals surface area (Å²) < 4.78 is 26.2. The molecule has 0 saturated carbocycles. The lowest BCUT2D eigenvalue weighted by Crippen LogP contribution is -2.41. The van der Waals surface area contributed by atoms with Gasteiger partial charge in [-0.05, 0) is 37.8 Å². The van der Waals surface area contributed by atoms with Crippen LogP contribution in [0.3, 0.4) is 0 Å². The summed E-state index contributed by atoms with van der Waals surface area (Å²) in [7, 11) is -3.63. The fourth-order valence-electron chi connectivity index (χ4n) is 2.34. The molecular formula is C12H19N3O3S. The van der Waals surface area contributed by atoms with Crippen molar-refractivity contribution in [1.29, 1.82) is 0 Å². The maximum atomic E-state index is 12.4. The maximum Gasteiger partial charge on any atom is 0.262 e. The van der Waals surface area contributed by atoms with Crippen LogP contribution >= 0.6 is 0 Å². The van der Waals surface area contributed by atoms with Crippen LogP contribution in [0.1, 0.15) is 19.8 Å². The second kappa shape index (κ2) is 5.44. The summed E-state index contributed by atoms with van der Waals surface area (Å²) in [5, 5.41) is 9.45. The van der Waals surface area contributed by atoms with Crippen LogP contribution in [0.5, 0.6) is 0 Å². The van der Waals surface area contributed by atoms with E-state index in [0.29, 0.717) is 25.9 Å². The lowest BCUT2D eigenvalue weighted by Gasteiger charge is -2.32. The summed E-state index contributed by atoms with van der Waals surface area (Å²) in [4.78, 5) is 3.88. The molecule has 0 aliphatic carbocycles. The Morgan fingerprint density at radius 1 is 1.47 bits per heavy atom.